The van der Waals surface area contributed by atoms with Gasteiger partial charge >= 0.3 is 0 Å². The summed E-state index contributed by atoms with van der Waals surface area (Å²) in [6, 6.07) is 6.01. The first-order valence-corrected chi connectivity index (χ1v) is 5.47. The van der Waals surface area contributed by atoms with Crippen molar-refractivity contribution in [1.82, 2.24) is 4.98 Å². The summed E-state index contributed by atoms with van der Waals surface area (Å²) >= 11 is 0. The predicted octanol–water partition coefficient (Wildman–Crippen LogP) is 2.22. The number of amidine groups is 1. The van der Waals surface area contributed by atoms with E-state index in [0.717, 1.165) is 18.5 Å². The van der Waals surface area contributed by atoms with E-state index >= 15 is 0 Å². The number of rotatable bonds is 3. The smallest absolute Gasteiger partial charge is 0.0914 e. The zero-order valence-electron chi connectivity index (χ0n) is 8.87. The molecule has 0 unspecified atom stereocenters. The lowest BCUT2D eigenvalue weighted by Gasteiger charge is -2.27. The number of aromatic nitrogens is 1. The van der Waals surface area contributed by atoms with Crippen LogP contribution in [-0.4, -0.2) is 10.8 Å². The zero-order chi connectivity index (χ0) is 10.7. The third kappa shape index (κ3) is 2.01. The van der Waals surface area contributed by atoms with Crippen molar-refractivity contribution in [1.29, 1.82) is 5.41 Å². The summed E-state index contributed by atoms with van der Waals surface area (Å²) in [5.41, 5.74) is 6.71. The number of hydrogen-bond donors (Lipinski definition) is 2. The molecule has 1 aliphatic carbocycles. The first kappa shape index (κ1) is 10.1. The average Bonchev–Trinajstić information content (AvgIpc) is 2.68. The highest BCUT2D eigenvalue weighted by molar-refractivity contribution is 5.78. The summed E-state index contributed by atoms with van der Waals surface area (Å²) in [5, 5.41) is 7.48. The molecule has 1 fully saturated rings. The molecule has 3 heteroatoms. The van der Waals surface area contributed by atoms with Crippen LogP contribution in [-0.2, 0) is 5.41 Å². The molecule has 0 spiro atoms. The van der Waals surface area contributed by atoms with Crippen molar-refractivity contribution in [3.63, 3.8) is 0 Å². The molecule has 1 heterocycles. The van der Waals surface area contributed by atoms with Gasteiger partial charge in [-0.3, -0.25) is 10.4 Å². The Labute approximate surface area is 90.2 Å². The molecule has 0 aromatic carbocycles. The monoisotopic (exact) mass is 203 g/mol. The van der Waals surface area contributed by atoms with Crippen LogP contribution in [0.15, 0.2) is 24.4 Å². The van der Waals surface area contributed by atoms with Gasteiger partial charge < -0.3 is 5.73 Å². The molecule has 3 nitrogen and oxygen atoms in total. The van der Waals surface area contributed by atoms with Crippen LogP contribution in [0.5, 0.6) is 0 Å². The van der Waals surface area contributed by atoms with Crippen LogP contribution in [0, 0.1) is 5.41 Å². The van der Waals surface area contributed by atoms with Crippen LogP contribution in [0.2, 0.25) is 0 Å². The summed E-state index contributed by atoms with van der Waals surface area (Å²) in [6.07, 6.45) is 7.17. The molecule has 80 valence electrons. The van der Waals surface area contributed by atoms with Crippen molar-refractivity contribution in [2.45, 2.75) is 37.5 Å². The van der Waals surface area contributed by atoms with E-state index in [2.05, 4.69) is 11.1 Å². The Morgan fingerprint density at radius 3 is 2.67 bits per heavy atom. The standard InChI is InChI=1S/C12H17N3/c13-11(14)9-12(6-2-3-7-12)10-5-1-4-8-15-10/h1,4-5,8H,2-3,6-7,9H2,(H3,13,14). The molecule has 0 amide bonds. The number of nitrogens with one attached hydrogen (secondary N) is 1. The third-order valence-electron chi connectivity index (χ3n) is 3.30. The molecule has 1 aromatic heterocycles. The lowest BCUT2D eigenvalue weighted by Crippen LogP contribution is -2.29. The molecular weight excluding hydrogens is 186 g/mol. The lowest BCUT2D eigenvalue weighted by molar-refractivity contribution is 0.443. The Balaban J connectivity index is 2.30. The molecule has 1 aromatic rings. The highest BCUT2D eigenvalue weighted by Gasteiger charge is 2.37. The van der Waals surface area contributed by atoms with Crippen LogP contribution in [0.4, 0.5) is 0 Å². The van der Waals surface area contributed by atoms with Gasteiger partial charge in [0.2, 0.25) is 0 Å². The molecule has 0 atom stereocenters. The predicted molar refractivity (Wildman–Crippen MR) is 60.9 cm³/mol. The van der Waals surface area contributed by atoms with Gasteiger partial charge in [0, 0.05) is 23.7 Å². The van der Waals surface area contributed by atoms with E-state index in [1.54, 1.807) is 0 Å². The second-order valence-electron chi connectivity index (χ2n) is 4.40. The van der Waals surface area contributed by atoms with Crippen molar-refractivity contribution in [3.8, 4) is 0 Å². The van der Waals surface area contributed by atoms with E-state index < -0.39 is 0 Å². The van der Waals surface area contributed by atoms with Crippen LogP contribution in [0.1, 0.15) is 37.8 Å². The molecule has 3 N–H and O–H groups in total. The van der Waals surface area contributed by atoms with Crippen molar-refractivity contribution < 1.29 is 0 Å². The summed E-state index contributed by atoms with van der Waals surface area (Å²) < 4.78 is 0. The number of pyridine rings is 1. The second-order valence-corrected chi connectivity index (χ2v) is 4.40. The van der Waals surface area contributed by atoms with E-state index in [9.17, 15) is 0 Å². The van der Waals surface area contributed by atoms with E-state index in [0.29, 0.717) is 6.42 Å². The van der Waals surface area contributed by atoms with Crippen molar-refractivity contribution in [2.75, 3.05) is 0 Å². The van der Waals surface area contributed by atoms with Gasteiger partial charge in [0.05, 0.1) is 5.84 Å². The quantitative estimate of drug-likeness (QED) is 0.584. The fourth-order valence-corrected chi connectivity index (χ4v) is 2.62. The molecule has 1 saturated carbocycles. The van der Waals surface area contributed by atoms with Gasteiger partial charge in [0.25, 0.3) is 0 Å². The van der Waals surface area contributed by atoms with Gasteiger partial charge in [-0.2, -0.15) is 0 Å². The highest BCUT2D eigenvalue weighted by atomic mass is 14.7. The van der Waals surface area contributed by atoms with Crippen LogP contribution >= 0.6 is 0 Å². The average molecular weight is 203 g/mol. The molecule has 0 bridgehead atoms. The fraction of sp³-hybridized carbons (Fsp3) is 0.500. The minimum Gasteiger partial charge on any atom is -0.388 e. The van der Waals surface area contributed by atoms with Gasteiger partial charge in [-0.05, 0) is 25.0 Å². The Hall–Kier alpha value is -1.38. The van der Waals surface area contributed by atoms with E-state index in [-0.39, 0.29) is 11.3 Å². The van der Waals surface area contributed by atoms with Gasteiger partial charge in [-0.1, -0.05) is 18.9 Å². The molecule has 2 rings (SSSR count). The maximum absolute atomic E-state index is 7.48. The SMILES string of the molecule is N=C(N)CC1(c2ccccn2)CCCC1. The van der Waals surface area contributed by atoms with E-state index in [1.807, 2.05) is 18.3 Å². The Kier molecular flexibility index (Phi) is 2.71. The van der Waals surface area contributed by atoms with Gasteiger partial charge in [0.15, 0.2) is 0 Å². The van der Waals surface area contributed by atoms with Crippen molar-refractivity contribution >= 4 is 5.84 Å². The van der Waals surface area contributed by atoms with Crippen LogP contribution in [0.3, 0.4) is 0 Å². The van der Waals surface area contributed by atoms with E-state index in [1.165, 1.54) is 12.8 Å². The maximum Gasteiger partial charge on any atom is 0.0914 e. The Morgan fingerprint density at radius 2 is 2.13 bits per heavy atom. The minimum absolute atomic E-state index is 0.0487. The number of hydrogen-bond acceptors (Lipinski definition) is 2. The van der Waals surface area contributed by atoms with Gasteiger partial charge in [-0.15, -0.1) is 0 Å². The zero-order valence-corrected chi connectivity index (χ0v) is 8.87. The fourth-order valence-electron chi connectivity index (χ4n) is 2.62. The highest BCUT2D eigenvalue weighted by Crippen LogP contribution is 2.42. The molecule has 0 aliphatic heterocycles. The maximum atomic E-state index is 7.48. The Morgan fingerprint density at radius 1 is 1.40 bits per heavy atom. The van der Waals surface area contributed by atoms with E-state index in [4.69, 9.17) is 11.1 Å². The molecule has 0 radical (unpaired) electrons. The molecule has 0 saturated heterocycles. The topological polar surface area (TPSA) is 62.8 Å². The number of nitrogens with two attached hydrogens (primary N) is 1. The van der Waals surface area contributed by atoms with Crippen LogP contribution in [0.25, 0.3) is 0 Å². The Bertz CT molecular complexity index is 339. The summed E-state index contributed by atoms with van der Waals surface area (Å²) in [5.74, 6) is 0.280. The first-order chi connectivity index (χ1) is 7.23. The third-order valence-corrected chi connectivity index (χ3v) is 3.30. The normalized spacial score (nSPS) is 18.9. The molecule has 15 heavy (non-hydrogen) atoms. The largest absolute Gasteiger partial charge is 0.388 e. The van der Waals surface area contributed by atoms with Crippen LogP contribution < -0.4 is 5.73 Å². The summed E-state index contributed by atoms with van der Waals surface area (Å²) in [4.78, 5) is 4.43. The summed E-state index contributed by atoms with van der Waals surface area (Å²) in [6.45, 7) is 0. The molecule has 1 aliphatic rings. The second kappa shape index (κ2) is 4.01. The van der Waals surface area contributed by atoms with Crippen molar-refractivity contribution in [3.05, 3.63) is 30.1 Å². The lowest BCUT2D eigenvalue weighted by atomic mass is 9.79. The first-order valence-electron chi connectivity index (χ1n) is 5.47. The van der Waals surface area contributed by atoms with Gasteiger partial charge in [0.1, 0.15) is 0 Å². The molecular formula is C12H17N3. The summed E-state index contributed by atoms with van der Waals surface area (Å²) in [7, 11) is 0. The minimum atomic E-state index is 0.0487. The van der Waals surface area contributed by atoms with Crippen molar-refractivity contribution in [2.24, 2.45) is 5.73 Å². The van der Waals surface area contributed by atoms with Gasteiger partial charge in [-0.25, -0.2) is 0 Å². The number of nitrogens with zero attached hydrogens (tertiary/aromatic N) is 1.